The molecule has 0 saturated heterocycles. The third kappa shape index (κ3) is 2.13. The smallest absolute Gasteiger partial charge is 0.423 e. The van der Waals surface area contributed by atoms with Crippen molar-refractivity contribution in [3.63, 3.8) is 0 Å². The molecule has 0 aromatic heterocycles. The van der Waals surface area contributed by atoms with Crippen LogP contribution in [0.15, 0.2) is 12.1 Å². The maximum atomic E-state index is 13.6. The molecule has 2 rings (SSSR count). The Labute approximate surface area is 88.1 Å². The van der Waals surface area contributed by atoms with Crippen LogP contribution in [0.2, 0.25) is 0 Å². The zero-order valence-electron chi connectivity index (χ0n) is 8.50. The molecule has 1 aromatic rings. The highest BCUT2D eigenvalue weighted by molar-refractivity contribution is 6.58. The van der Waals surface area contributed by atoms with Crippen molar-refractivity contribution in [1.29, 1.82) is 0 Å². The number of anilines is 1. The Hall–Kier alpha value is -1.07. The van der Waals surface area contributed by atoms with Crippen LogP contribution in [0.1, 0.15) is 18.4 Å². The van der Waals surface area contributed by atoms with Gasteiger partial charge in [0.2, 0.25) is 0 Å². The van der Waals surface area contributed by atoms with Crippen LogP contribution in [-0.4, -0.2) is 23.2 Å². The highest BCUT2D eigenvalue weighted by Gasteiger charge is 2.24. The van der Waals surface area contributed by atoms with Gasteiger partial charge in [0.1, 0.15) is 5.82 Å². The first-order valence-corrected chi connectivity index (χ1v) is 5.01. The Morgan fingerprint density at radius 3 is 2.60 bits per heavy atom. The molecular weight excluding hydrogens is 196 g/mol. The van der Waals surface area contributed by atoms with Crippen molar-refractivity contribution >= 4 is 18.3 Å². The summed E-state index contributed by atoms with van der Waals surface area (Å²) in [4.78, 5) is 0. The number of benzene rings is 1. The molecule has 1 saturated carbocycles. The average molecular weight is 209 g/mol. The Balaban J connectivity index is 2.30. The standard InChI is InChI=1S/C10H13BFNO2/c1-6-9(13-7-2-3-7)5-4-8(10(6)12)11(14)15/h4-5,7,13-15H,2-3H2,1H3. The molecule has 0 unspecified atom stereocenters. The van der Waals surface area contributed by atoms with E-state index in [1.165, 1.54) is 6.07 Å². The molecule has 0 spiro atoms. The predicted octanol–water partition coefficient (Wildman–Crippen LogP) is 0.388. The van der Waals surface area contributed by atoms with Crippen molar-refractivity contribution in [2.75, 3.05) is 5.32 Å². The first-order chi connectivity index (χ1) is 7.09. The van der Waals surface area contributed by atoms with Crippen LogP contribution in [0.4, 0.5) is 10.1 Å². The second-order valence-electron chi connectivity index (χ2n) is 3.93. The molecular formula is C10H13BFNO2. The summed E-state index contributed by atoms with van der Waals surface area (Å²) in [6, 6.07) is 3.54. The number of hydrogen-bond acceptors (Lipinski definition) is 3. The Bertz CT molecular complexity index is 380. The maximum Gasteiger partial charge on any atom is 0.491 e. The summed E-state index contributed by atoms with van der Waals surface area (Å²) in [5.41, 5.74) is 1.10. The van der Waals surface area contributed by atoms with Crippen molar-refractivity contribution in [3.8, 4) is 0 Å². The summed E-state index contributed by atoms with van der Waals surface area (Å²) in [6.07, 6.45) is 2.23. The molecule has 80 valence electrons. The Kier molecular flexibility index (Phi) is 2.67. The van der Waals surface area contributed by atoms with Gasteiger partial charge in [0.05, 0.1) is 0 Å². The molecule has 0 radical (unpaired) electrons. The first-order valence-electron chi connectivity index (χ1n) is 5.01. The van der Waals surface area contributed by atoms with Crippen LogP contribution >= 0.6 is 0 Å². The fraction of sp³-hybridized carbons (Fsp3) is 0.400. The van der Waals surface area contributed by atoms with E-state index < -0.39 is 12.9 Å². The summed E-state index contributed by atoms with van der Waals surface area (Å²) in [5, 5.41) is 21.0. The van der Waals surface area contributed by atoms with Crippen LogP contribution in [0.25, 0.3) is 0 Å². The highest BCUT2D eigenvalue weighted by Crippen LogP contribution is 2.26. The van der Waals surface area contributed by atoms with Gasteiger partial charge >= 0.3 is 7.12 Å². The van der Waals surface area contributed by atoms with E-state index in [4.69, 9.17) is 10.0 Å². The zero-order chi connectivity index (χ0) is 11.0. The largest absolute Gasteiger partial charge is 0.491 e. The fourth-order valence-electron chi connectivity index (χ4n) is 1.51. The lowest BCUT2D eigenvalue weighted by Crippen LogP contribution is -2.33. The van der Waals surface area contributed by atoms with Crippen molar-refractivity contribution in [2.45, 2.75) is 25.8 Å². The third-order valence-electron chi connectivity index (χ3n) is 2.63. The maximum absolute atomic E-state index is 13.6. The number of nitrogens with one attached hydrogen (secondary N) is 1. The number of hydrogen-bond donors (Lipinski definition) is 3. The summed E-state index contributed by atoms with van der Waals surface area (Å²) < 4.78 is 13.6. The molecule has 1 aromatic carbocycles. The summed E-state index contributed by atoms with van der Waals surface area (Å²) in [5.74, 6) is -0.546. The van der Waals surface area contributed by atoms with Crippen LogP contribution in [0.5, 0.6) is 0 Å². The number of rotatable bonds is 3. The van der Waals surface area contributed by atoms with Gasteiger partial charge in [-0.1, -0.05) is 6.07 Å². The fourth-order valence-corrected chi connectivity index (χ4v) is 1.51. The van der Waals surface area contributed by atoms with Crippen molar-refractivity contribution in [2.24, 2.45) is 0 Å². The molecule has 1 aliphatic carbocycles. The minimum absolute atomic E-state index is 0.0751. The van der Waals surface area contributed by atoms with E-state index in [2.05, 4.69) is 5.32 Å². The van der Waals surface area contributed by atoms with E-state index in [1.807, 2.05) is 0 Å². The van der Waals surface area contributed by atoms with Crippen molar-refractivity contribution in [3.05, 3.63) is 23.5 Å². The molecule has 3 N–H and O–H groups in total. The van der Waals surface area contributed by atoms with Gasteiger partial charge in [-0.15, -0.1) is 0 Å². The van der Waals surface area contributed by atoms with Crippen LogP contribution in [0.3, 0.4) is 0 Å². The molecule has 1 aliphatic rings. The van der Waals surface area contributed by atoms with Crippen LogP contribution in [0, 0.1) is 12.7 Å². The zero-order valence-corrected chi connectivity index (χ0v) is 8.50. The molecule has 0 amide bonds. The molecule has 0 bridgehead atoms. The number of halogens is 1. The molecule has 1 fully saturated rings. The van der Waals surface area contributed by atoms with Crippen LogP contribution in [-0.2, 0) is 0 Å². The van der Waals surface area contributed by atoms with Gasteiger partial charge < -0.3 is 15.4 Å². The monoisotopic (exact) mass is 209 g/mol. The normalized spacial score (nSPS) is 15.2. The van der Waals surface area contributed by atoms with E-state index in [9.17, 15) is 4.39 Å². The molecule has 5 heteroatoms. The van der Waals surface area contributed by atoms with Gasteiger partial charge in [0, 0.05) is 22.8 Å². The Morgan fingerprint density at radius 2 is 2.07 bits per heavy atom. The topological polar surface area (TPSA) is 52.5 Å². The van der Waals surface area contributed by atoms with Crippen molar-refractivity contribution < 1.29 is 14.4 Å². The predicted molar refractivity (Wildman–Crippen MR) is 57.6 cm³/mol. The summed E-state index contributed by atoms with van der Waals surface area (Å²) >= 11 is 0. The minimum Gasteiger partial charge on any atom is -0.423 e. The van der Waals surface area contributed by atoms with Gasteiger partial charge in [-0.05, 0) is 25.8 Å². The Morgan fingerprint density at radius 1 is 1.40 bits per heavy atom. The quantitative estimate of drug-likeness (QED) is 0.631. The minimum atomic E-state index is -1.75. The summed E-state index contributed by atoms with van der Waals surface area (Å²) in [6.45, 7) is 1.63. The van der Waals surface area contributed by atoms with Gasteiger partial charge in [-0.3, -0.25) is 0 Å². The van der Waals surface area contributed by atoms with Gasteiger partial charge in [0.25, 0.3) is 0 Å². The third-order valence-corrected chi connectivity index (χ3v) is 2.63. The van der Waals surface area contributed by atoms with Gasteiger partial charge in [-0.25, -0.2) is 4.39 Å². The molecule has 15 heavy (non-hydrogen) atoms. The average Bonchev–Trinajstić information content (AvgIpc) is 2.96. The molecule has 3 nitrogen and oxygen atoms in total. The van der Waals surface area contributed by atoms with E-state index >= 15 is 0 Å². The molecule has 0 atom stereocenters. The van der Waals surface area contributed by atoms with E-state index in [0.717, 1.165) is 18.5 Å². The second-order valence-corrected chi connectivity index (χ2v) is 3.93. The van der Waals surface area contributed by atoms with Crippen LogP contribution < -0.4 is 10.8 Å². The van der Waals surface area contributed by atoms with Gasteiger partial charge in [-0.2, -0.15) is 0 Å². The molecule has 0 heterocycles. The molecule has 0 aliphatic heterocycles. The van der Waals surface area contributed by atoms with Crippen molar-refractivity contribution in [1.82, 2.24) is 0 Å². The van der Waals surface area contributed by atoms with E-state index in [1.54, 1.807) is 13.0 Å². The summed E-state index contributed by atoms with van der Waals surface area (Å²) in [7, 11) is -1.75. The highest BCUT2D eigenvalue weighted by atomic mass is 19.1. The lowest BCUT2D eigenvalue weighted by atomic mass is 9.79. The van der Waals surface area contributed by atoms with E-state index in [-0.39, 0.29) is 5.46 Å². The second kappa shape index (κ2) is 3.83. The SMILES string of the molecule is Cc1c(NC2CC2)ccc(B(O)O)c1F. The first kappa shape index (κ1) is 10.5. The van der Waals surface area contributed by atoms with Gasteiger partial charge in [0.15, 0.2) is 0 Å². The lowest BCUT2D eigenvalue weighted by molar-refractivity contribution is 0.423. The van der Waals surface area contributed by atoms with E-state index in [0.29, 0.717) is 11.6 Å². The lowest BCUT2D eigenvalue weighted by Gasteiger charge is -2.11.